The third-order valence-electron chi connectivity index (χ3n) is 8.85. The van der Waals surface area contributed by atoms with Crippen LogP contribution in [-0.2, 0) is 16.1 Å². The highest BCUT2D eigenvalue weighted by Crippen LogP contribution is 2.38. The minimum Gasteiger partial charge on any atom is -0.447 e. The molecule has 0 spiro atoms. The van der Waals surface area contributed by atoms with Crippen molar-refractivity contribution in [3.8, 4) is 11.3 Å². The molecule has 3 aliphatic rings. The van der Waals surface area contributed by atoms with Crippen molar-refractivity contribution in [1.29, 1.82) is 0 Å². The first-order valence-corrected chi connectivity index (χ1v) is 15.9. The van der Waals surface area contributed by atoms with Crippen LogP contribution in [0.15, 0.2) is 24.5 Å². The van der Waals surface area contributed by atoms with Gasteiger partial charge in [0, 0.05) is 49.7 Å². The van der Waals surface area contributed by atoms with Gasteiger partial charge < -0.3 is 23.9 Å². The molecule has 3 atom stereocenters. The Balaban J connectivity index is 1.48. The Bertz CT molecular complexity index is 1530. The van der Waals surface area contributed by atoms with Crippen molar-refractivity contribution in [2.24, 2.45) is 11.8 Å². The predicted molar refractivity (Wildman–Crippen MR) is 167 cm³/mol. The number of imidazole rings is 1. The maximum absolute atomic E-state index is 12.8. The summed E-state index contributed by atoms with van der Waals surface area (Å²) in [7, 11) is 0. The van der Waals surface area contributed by atoms with Gasteiger partial charge in [0.05, 0.1) is 33.5 Å². The van der Waals surface area contributed by atoms with Crippen LogP contribution in [0, 0.1) is 11.8 Å². The molecular formula is C31H41ClN8O4. The number of pyridine rings is 2. The van der Waals surface area contributed by atoms with Crippen molar-refractivity contribution < 1.29 is 19.2 Å². The number of fused-ring (bicyclic) bond motifs is 1. The van der Waals surface area contributed by atoms with E-state index in [4.69, 9.17) is 31.1 Å². The minimum absolute atomic E-state index is 0.0201. The Hall–Kier alpha value is -3.64. The highest BCUT2D eigenvalue weighted by molar-refractivity contribution is 6.30. The van der Waals surface area contributed by atoms with E-state index in [0.717, 1.165) is 47.8 Å². The summed E-state index contributed by atoms with van der Waals surface area (Å²) < 4.78 is 7.84. The molecule has 44 heavy (non-hydrogen) atoms. The molecule has 3 fully saturated rings. The van der Waals surface area contributed by atoms with Crippen LogP contribution in [0.25, 0.3) is 22.3 Å². The van der Waals surface area contributed by atoms with Gasteiger partial charge in [-0.25, -0.2) is 19.6 Å². The molecule has 2 aliphatic heterocycles. The van der Waals surface area contributed by atoms with Crippen molar-refractivity contribution in [1.82, 2.24) is 35.2 Å². The number of aromatic nitrogens is 4. The first kappa shape index (κ1) is 30.4. The summed E-state index contributed by atoms with van der Waals surface area (Å²) in [6.07, 6.45) is 6.37. The number of ether oxygens (including phenoxy) is 1. The molecule has 12 nitrogen and oxygen atoms in total. The van der Waals surface area contributed by atoms with E-state index in [1.165, 1.54) is 12.8 Å². The number of hydroxylamine groups is 1. The van der Waals surface area contributed by atoms with E-state index in [0.29, 0.717) is 35.4 Å². The van der Waals surface area contributed by atoms with Crippen molar-refractivity contribution in [3.05, 3.63) is 35.2 Å². The highest BCUT2D eigenvalue weighted by atomic mass is 35.5. The molecule has 1 unspecified atom stereocenters. The fourth-order valence-corrected chi connectivity index (χ4v) is 6.93. The van der Waals surface area contributed by atoms with Crippen LogP contribution < -0.4 is 15.7 Å². The molecule has 2 N–H and O–H groups in total. The molecule has 0 aromatic carbocycles. The second-order valence-corrected chi connectivity index (χ2v) is 13.3. The van der Waals surface area contributed by atoms with Crippen LogP contribution in [0.5, 0.6) is 0 Å². The Labute approximate surface area is 262 Å². The number of carbonyl (C=O) groups excluding carboxylic acids is 2. The monoisotopic (exact) mass is 624 g/mol. The van der Waals surface area contributed by atoms with Crippen molar-refractivity contribution in [3.63, 3.8) is 0 Å². The maximum atomic E-state index is 12.8. The second kappa shape index (κ2) is 12.4. The lowest BCUT2D eigenvalue weighted by molar-refractivity contribution is 0.0668. The van der Waals surface area contributed by atoms with E-state index in [-0.39, 0.29) is 24.3 Å². The molecule has 3 aromatic rings. The average molecular weight is 625 g/mol. The topological polar surface area (TPSA) is 127 Å². The normalized spacial score (nSPS) is 25.8. The lowest BCUT2D eigenvalue weighted by Crippen LogP contribution is -2.59. The lowest BCUT2D eigenvalue weighted by atomic mass is 9.83. The minimum atomic E-state index is -0.639. The Morgan fingerprint density at radius 1 is 1.09 bits per heavy atom. The Morgan fingerprint density at radius 3 is 2.45 bits per heavy atom. The highest BCUT2D eigenvalue weighted by Gasteiger charge is 2.37. The third-order valence-corrected chi connectivity index (χ3v) is 9.06. The average Bonchev–Trinajstić information content (AvgIpc) is 3.56. The summed E-state index contributed by atoms with van der Waals surface area (Å²) in [6.45, 7) is 12.1. The molecule has 1 saturated carbocycles. The van der Waals surface area contributed by atoms with Crippen LogP contribution in [0.3, 0.4) is 0 Å². The summed E-state index contributed by atoms with van der Waals surface area (Å²) >= 11 is 6.42. The van der Waals surface area contributed by atoms with E-state index in [1.54, 1.807) is 17.3 Å². The summed E-state index contributed by atoms with van der Waals surface area (Å²) in [4.78, 5) is 48.5. The number of halogens is 1. The SMILES string of the molecule is CC1CCC(Cn2c(N3[C@H](C)CN(C(=O)OC(C)C)C[C@H]3C)nc3cc(C4NOC(=O)N4)nc(-c4cncc(Cl)c4)c32)CC1. The van der Waals surface area contributed by atoms with Gasteiger partial charge >= 0.3 is 12.2 Å². The number of nitrogens with zero attached hydrogens (tertiary/aromatic N) is 6. The molecule has 2 amide bonds. The quantitative estimate of drug-likeness (QED) is 0.357. The molecule has 6 rings (SSSR count). The molecule has 3 aromatic heterocycles. The van der Waals surface area contributed by atoms with E-state index >= 15 is 0 Å². The summed E-state index contributed by atoms with van der Waals surface area (Å²) in [5, 5.41) is 3.25. The number of piperazine rings is 1. The molecular weight excluding hydrogens is 584 g/mol. The van der Waals surface area contributed by atoms with E-state index in [9.17, 15) is 9.59 Å². The van der Waals surface area contributed by atoms with E-state index in [1.807, 2.05) is 26.0 Å². The van der Waals surface area contributed by atoms with Gasteiger partial charge in [0.25, 0.3) is 0 Å². The first-order chi connectivity index (χ1) is 21.1. The Kier molecular flexibility index (Phi) is 8.56. The zero-order valence-electron chi connectivity index (χ0n) is 25.9. The molecule has 1 aliphatic carbocycles. The fraction of sp³-hybridized carbons (Fsp3) is 0.581. The molecule has 13 heteroatoms. The smallest absolute Gasteiger partial charge is 0.427 e. The fourth-order valence-electron chi connectivity index (χ4n) is 6.76. The number of nitrogens with one attached hydrogen (secondary N) is 2. The molecule has 5 heterocycles. The van der Waals surface area contributed by atoms with Gasteiger partial charge in [-0.3, -0.25) is 10.3 Å². The first-order valence-electron chi connectivity index (χ1n) is 15.6. The number of rotatable bonds is 6. The zero-order chi connectivity index (χ0) is 31.1. The standard InChI is InChI=1S/C31H41ClN8O4/c1-17(2)43-31(42)38-14-19(4)40(20(5)15-38)29-35-24-11-25(28-36-30(41)44-37-28)34-26(22-10-23(32)13-33-12-22)27(24)39(29)16-21-8-6-18(3)7-9-21/h10-13,17-21,28,37H,6-9,14-16H2,1-5H3,(H,36,41)/t18?,19-,20-,21?,28?/m1/s1. The van der Waals surface area contributed by atoms with Crippen LogP contribution in [-0.4, -0.2) is 67.9 Å². The third kappa shape index (κ3) is 6.14. The molecule has 236 valence electrons. The van der Waals surface area contributed by atoms with Crippen LogP contribution in [0.2, 0.25) is 5.02 Å². The number of hydrogen-bond acceptors (Lipinski definition) is 9. The van der Waals surface area contributed by atoms with Gasteiger partial charge in [-0.15, -0.1) is 5.48 Å². The lowest BCUT2D eigenvalue weighted by Gasteiger charge is -2.44. The van der Waals surface area contributed by atoms with Gasteiger partial charge in [0.1, 0.15) is 0 Å². The van der Waals surface area contributed by atoms with Gasteiger partial charge in [0.15, 0.2) is 6.17 Å². The Morgan fingerprint density at radius 2 is 1.82 bits per heavy atom. The second-order valence-electron chi connectivity index (χ2n) is 12.8. The van der Waals surface area contributed by atoms with E-state index < -0.39 is 12.3 Å². The van der Waals surface area contributed by atoms with Crippen LogP contribution in [0.1, 0.15) is 72.2 Å². The number of carbonyl (C=O) groups is 2. The van der Waals surface area contributed by atoms with Gasteiger partial charge in [0.2, 0.25) is 5.95 Å². The summed E-state index contributed by atoms with van der Waals surface area (Å²) in [6, 6.07) is 3.71. The number of anilines is 1. The van der Waals surface area contributed by atoms with Crippen molar-refractivity contribution in [2.75, 3.05) is 18.0 Å². The largest absolute Gasteiger partial charge is 0.447 e. The van der Waals surface area contributed by atoms with Gasteiger partial charge in [-0.2, -0.15) is 0 Å². The number of amides is 2. The van der Waals surface area contributed by atoms with Gasteiger partial charge in [-0.05, 0) is 64.5 Å². The summed E-state index contributed by atoms with van der Waals surface area (Å²) in [5.74, 6) is 2.06. The maximum Gasteiger partial charge on any atom is 0.427 e. The molecule has 0 radical (unpaired) electrons. The van der Waals surface area contributed by atoms with Crippen LogP contribution in [0.4, 0.5) is 15.5 Å². The number of hydrogen-bond donors (Lipinski definition) is 2. The van der Waals surface area contributed by atoms with Crippen molar-refractivity contribution >= 4 is 40.8 Å². The predicted octanol–water partition coefficient (Wildman–Crippen LogP) is 5.66. The molecule has 2 saturated heterocycles. The van der Waals surface area contributed by atoms with Crippen LogP contribution >= 0.6 is 11.6 Å². The van der Waals surface area contributed by atoms with E-state index in [2.05, 4.69) is 46.0 Å². The van der Waals surface area contributed by atoms with Crippen molar-refractivity contribution in [2.45, 2.75) is 91.2 Å². The van der Waals surface area contributed by atoms with Gasteiger partial charge in [-0.1, -0.05) is 31.4 Å². The zero-order valence-corrected chi connectivity index (χ0v) is 26.7. The summed E-state index contributed by atoms with van der Waals surface area (Å²) in [5.41, 5.74) is 6.34. The molecule has 0 bridgehead atoms.